The number of nitrogens with one attached hydrogen (secondary N) is 2. The van der Waals surface area contributed by atoms with Crippen LogP contribution in [0, 0.1) is 0 Å². The van der Waals surface area contributed by atoms with Gasteiger partial charge in [-0.05, 0) is 37.1 Å². The highest BCUT2D eigenvalue weighted by molar-refractivity contribution is 7.92. The minimum Gasteiger partial charge on any atom is -0.396 e. The minimum absolute atomic E-state index is 0.0825. The van der Waals surface area contributed by atoms with Crippen LogP contribution in [0.2, 0.25) is 0 Å². The first kappa shape index (κ1) is 15.5. The van der Waals surface area contributed by atoms with E-state index in [1.807, 2.05) is 0 Å². The molecule has 0 aliphatic heterocycles. The van der Waals surface area contributed by atoms with Crippen LogP contribution in [0.3, 0.4) is 0 Å². The smallest absolute Gasteiger partial charge is 0.229 e. The van der Waals surface area contributed by atoms with E-state index in [-0.39, 0.29) is 12.5 Å². The van der Waals surface area contributed by atoms with E-state index in [1.54, 1.807) is 24.3 Å². The molecule has 0 aliphatic carbocycles. The standard InChI is InChI=1S/C12H18N2O4S/c1-19(17,18)14-11-7-5-10(6-8-11)13-12(16)4-2-3-9-15/h5-8,14-15H,2-4,9H2,1H3,(H,13,16). The lowest BCUT2D eigenvalue weighted by molar-refractivity contribution is -0.116. The third-order valence-corrected chi connectivity index (χ3v) is 2.89. The van der Waals surface area contributed by atoms with E-state index in [4.69, 9.17) is 5.11 Å². The molecule has 0 fully saturated rings. The van der Waals surface area contributed by atoms with Crippen LogP contribution in [-0.4, -0.2) is 32.3 Å². The van der Waals surface area contributed by atoms with E-state index >= 15 is 0 Å². The molecule has 3 N–H and O–H groups in total. The summed E-state index contributed by atoms with van der Waals surface area (Å²) in [5.41, 5.74) is 1.05. The summed E-state index contributed by atoms with van der Waals surface area (Å²) in [5, 5.41) is 11.3. The third-order valence-electron chi connectivity index (χ3n) is 2.28. The minimum atomic E-state index is -3.29. The van der Waals surface area contributed by atoms with Crippen molar-refractivity contribution in [2.75, 3.05) is 22.9 Å². The molecule has 0 saturated heterocycles. The molecular weight excluding hydrogens is 268 g/mol. The zero-order valence-electron chi connectivity index (χ0n) is 10.7. The van der Waals surface area contributed by atoms with Gasteiger partial charge < -0.3 is 10.4 Å². The molecule has 0 aliphatic rings. The van der Waals surface area contributed by atoms with E-state index in [0.717, 1.165) is 6.26 Å². The number of sulfonamides is 1. The Kier molecular flexibility index (Phi) is 5.78. The number of aliphatic hydroxyl groups excluding tert-OH is 1. The first-order chi connectivity index (χ1) is 8.90. The maximum Gasteiger partial charge on any atom is 0.229 e. The zero-order valence-corrected chi connectivity index (χ0v) is 11.5. The molecule has 1 aromatic carbocycles. The lowest BCUT2D eigenvalue weighted by atomic mass is 10.2. The van der Waals surface area contributed by atoms with Crippen molar-refractivity contribution in [1.29, 1.82) is 0 Å². The first-order valence-electron chi connectivity index (χ1n) is 5.89. The van der Waals surface area contributed by atoms with Crippen molar-refractivity contribution in [2.45, 2.75) is 19.3 Å². The molecule has 0 radical (unpaired) electrons. The predicted octanol–water partition coefficient (Wildman–Crippen LogP) is 1.16. The Morgan fingerprint density at radius 1 is 1.16 bits per heavy atom. The van der Waals surface area contributed by atoms with Crippen LogP contribution in [0.4, 0.5) is 11.4 Å². The van der Waals surface area contributed by atoms with Gasteiger partial charge >= 0.3 is 0 Å². The van der Waals surface area contributed by atoms with Crippen molar-refractivity contribution < 1.29 is 18.3 Å². The van der Waals surface area contributed by atoms with Crippen LogP contribution in [0.5, 0.6) is 0 Å². The van der Waals surface area contributed by atoms with Crippen molar-refractivity contribution in [3.05, 3.63) is 24.3 Å². The highest BCUT2D eigenvalue weighted by Gasteiger charge is 2.04. The van der Waals surface area contributed by atoms with Crippen LogP contribution in [0.1, 0.15) is 19.3 Å². The molecule has 0 atom stereocenters. The van der Waals surface area contributed by atoms with Gasteiger partial charge in [-0.25, -0.2) is 8.42 Å². The maximum absolute atomic E-state index is 11.5. The van der Waals surface area contributed by atoms with Crippen molar-refractivity contribution >= 4 is 27.3 Å². The molecule has 0 aromatic heterocycles. The summed E-state index contributed by atoms with van der Waals surface area (Å²) in [4.78, 5) is 11.5. The van der Waals surface area contributed by atoms with Crippen LogP contribution < -0.4 is 10.0 Å². The van der Waals surface area contributed by atoms with E-state index in [9.17, 15) is 13.2 Å². The lowest BCUT2D eigenvalue weighted by Gasteiger charge is -2.07. The quantitative estimate of drug-likeness (QED) is 0.655. The summed E-state index contributed by atoms with van der Waals surface area (Å²) in [5.74, 6) is -0.128. The molecule has 6 nitrogen and oxygen atoms in total. The molecule has 19 heavy (non-hydrogen) atoms. The second-order valence-corrected chi connectivity index (χ2v) is 5.93. The van der Waals surface area contributed by atoms with Crippen molar-refractivity contribution in [3.63, 3.8) is 0 Å². The van der Waals surface area contributed by atoms with Crippen LogP contribution in [0.15, 0.2) is 24.3 Å². The summed E-state index contributed by atoms with van der Waals surface area (Å²) >= 11 is 0. The molecule has 1 aromatic rings. The number of carbonyl (C=O) groups excluding carboxylic acids is 1. The molecule has 1 rings (SSSR count). The SMILES string of the molecule is CS(=O)(=O)Nc1ccc(NC(=O)CCCCO)cc1. The van der Waals surface area contributed by atoms with Crippen molar-refractivity contribution in [1.82, 2.24) is 0 Å². The van der Waals surface area contributed by atoms with E-state index in [1.165, 1.54) is 0 Å². The summed E-state index contributed by atoms with van der Waals surface area (Å²) in [6.45, 7) is 0.0825. The number of amides is 1. The Labute approximate surface area is 112 Å². The Balaban J connectivity index is 2.50. The number of hydrogen-bond donors (Lipinski definition) is 3. The van der Waals surface area contributed by atoms with Gasteiger partial charge in [0.15, 0.2) is 0 Å². The Hall–Kier alpha value is -1.60. The highest BCUT2D eigenvalue weighted by Crippen LogP contribution is 2.14. The third kappa shape index (κ3) is 6.78. The fourth-order valence-electron chi connectivity index (χ4n) is 1.46. The van der Waals surface area contributed by atoms with Gasteiger partial charge in [0, 0.05) is 24.4 Å². The molecule has 0 unspecified atom stereocenters. The number of aliphatic hydroxyl groups is 1. The number of rotatable bonds is 7. The molecule has 0 bridgehead atoms. The topological polar surface area (TPSA) is 95.5 Å². The summed E-state index contributed by atoms with van der Waals surface area (Å²) < 4.78 is 24.4. The van der Waals surface area contributed by atoms with Gasteiger partial charge in [-0.15, -0.1) is 0 Å². The molecule has 0 heterocycles. The van der Waals surface area contributed by atoms with E-state index in [2.05, 4.69) is 10.0 Å². The van der Waals surface area contributed by atoms with Gasteiger partial charge in [0.05, 0.1) is 6.26 Å². The first-order valence-corrected chi connectivity index (χ1v) is 7.78. The predicted molar refractivity (Wildman–Crippen MR) is 74.5 cm³/mol. The fraction of sp³-hybridized carbons (Fsp3) is 0.417. The average molecular weight is 286 g/mol. The van der Waals surface area contributed by atoms with E-state index < -0.39 is 10.0 Å². The number of hydrogen-bond acceptors (Lipinski definition) is 4. The second-order valence-electron chi connectivity index (χ2n) is 4.18. The molecule has 0 spiro atoms. The zero-order chi connectivity index (χ0) is 14.3. The van der Waals surface area contributed by atoms with Gasteiger partial charge in [0.2, 0.25) is 15.9 Å². The Morgan fingerprint density at radius 3 is 2.26 bits per heavy atom. The summed E-state index contributed by atoms with van der Waals surface area (Å²) in [6, 6.07) is 6.39. The Morgan fingerprint density at radius 2 is 1.74 bits per heavy atom. The van der Waals surface area contributed by atoms with Crippen molar-refractivity contribution in [3.8, 4) is 0 Å². The maximum atomic E-state index is 11.5. The van der Waals surface area contributed by atoms with Gasteiger partial charge in [0.1, 0.15) is 0 Å². The van der Waals surface area contributed by atoms with Gasteiger partial charge in [-0.3, -0.25) is 9.52 Å². The highest BCUT2D eigenvalue weighted by atomic mass is 32.2. The number of carbonyl (C=O) groups is 1. The largest absolute Gasteiger partial charge is 0.396 e. The number of unbranched alkanes of at least 4 members (excludes halogenated alkanes) is 1. The van der Waals surface area contributed by atoms with Crippen LogP contribution in [-0.2, 0) is 14.8 Å². The van der Waals surface area contributed by atoms with Gasteiger partial charge in [0.25, 0.3) is 0 Å². The molecular formula is C12H18N2O4S. The Bertz CT molecular complexity index is 511. The fourth-order valence-corrected chi connectivity index (χ4v) is 2.02. The van der Waals surface area contributed by atoms with E-state index in [0.29, 0.717) is 30.6 Å². The van der Waals surface area contributed by atoms with Crippen LogP contribution in [0.25, 0.3) is 0 Å². The normalized spacial score (nSPS) is 11.1. The number of anilines is 2. The summed E-state index contributed by atoms with van der Waals surface area (Å²) in [7, 11) is -3.29. The molecule has 0 saturated carbocycles. The summed E-state index contributed by atoms with van der Waals surface area (Å²) in [6.07, 6.45) is 2.66. The lowest BCUT2D eigenvalue weighted by Crippen LogP contribution is -2.12. The van der Waals surface area contributed by atoms with Crippen LogP contribution >= 0.6 is 0 Å². The molecule has 7 heteroatoms. The monoisotopic (exact) mass is 286 g/mol. The molecule has 106 valence electrons. The van der Waals surface area contributed by atoms with Gasteiger partial charge in [-0.2, -0.15) is 0 Å². The second kappa shape index (κ2) is 7.10. The van der Waals surface area contributed by atoms with Gasteiger partial charge in [-0.1, -0.05) is 0 Å². The average Bonchev–Trinajstić information content (AvgIpc) is 2.30. The number of benzene rings is 1. The molecule has 1 amide bonds. The van der Waals surface area contributed by atoms with Crippen molar-refractivity contribution in [2.24, 2.45) is 0 Å².